The zero-order chi connectivity index (χ0) is 10.4. The van der Waals surface area contributed by atoms with Gasteiger partial charge in [-0.3, -0.25) is 4.79 Å². The highest BCUT2D eigenvalue weighted by atomic mass is 16.2. The molecule has 1 amide bonds. The first-order valence-electron chi connectivity index (χ1n) is 4.48. The van der Waals surface area contributed by atoms with Gasteiger partial charge in [0.05, 0.1) is 0 Å². The number of hydrogen-bond acceptors (Lipinski definition) is 3. The molecule has 0 radical (unpaired) electrons. The highest BCUT2D eigenvalue weighted by Crippen LogP contribution is 2.00. The highest BCUT2D eigenvalue weighted by molar-refractivity contribution is 5.79. The van der Waals surface area contributed by atoms with Gasteiger partial charge in [-0.05, 0) is 13.3 Å². The second kappa shape index (κ2) is 5.16. The van der Waals surface area contributed by atoms with Crippen LogP contribution in [-0.4, -0.2) is 27.2 Å². The molecule has 0 aliphatic heterocycles. The van der Waals surface area contributed by atoms with Crippen LogP contribution in [0, 0.1) is 0 Å². The Balaban J connectivity index is 2.41. The maximum Gasteiger partial charge on any atom is 0.244 e. The molecule has 1 unspecified atom stereocenters. The predicted octanol–water partition coefficient (Wildman–Crippen LogP) is 0.531. The molecule has 14 heavy (non-hydrogen) atoms. The summed E-state index contributed by atoms with van der Waals surface area (Å²) in [6.07, 6.45) is 5.47. The van der Waals surface area contributed by atoms with Crippen LogP contribution in [0.4, 0.5) is 0 Å². The molecule has 0 bridgehead atoms. The van der Waals surface area contributed by atoms with Crippen LogP contribution >= 0.6 is 0 Å². The summed E-state index contributed by atoms with van der Waals surface area (Å²) in [6, 6.07) is -0.317. The number of nitrogens with zero attached hydrogens (tertiary/aromatic N) is 3. The van der Waals surface area contributed by atoms with Crippen LogP contribution in [0.15, 0.2) is 25.3 Å². The van der Waals surface area contributed by atoms with Gasteiger partial charge >= 0.3 is 0 Å². The van der Waals surface area contributed by atoms with E-state index in [0.717, 1.165) is 6.42 Å². The lowest BCUT2D eigenvalue weighted by atomic mass is 10.3. The number of aromatic nitrogens is 3. The van der Waals surface area contributed by atoms with Gasteiger partial charge in [-0.15, -0.1) is 6.58 Å². The Labute approximate surface area is 82.8 Å². The van der Waals surface area contributed by atoms with Gasteiger partial charge in [0.25, 0.3) is 0 Å². The molecule has 1 aromatic heterocycles. The summed E-state index contributed by atoms with van der Waals surface area (Å²) < 4.78 is 1.52. The summed E-state index contributed by atoms with van der Waals surface area (Å²) in [5.74, 6) is -0.0580. The Hall–Kier alpha value is -1.65. The summed E-state index contributed by atoms with van der Waals surface area (Å²) >= 11 is 0. The highest BCUT2D eigenvalue weighted by Gasteiger charge is 2.13. The standard InChI is InChI=1S/C9H14N4O/c1-3-4-5-11-9(14)8(2)13-7-10-6-12-13/h3,6-8H,1,4-5H2,2H3,(H,11,14). The third-order valence-corrected chi connectivity index (χ3v) is 1.86. The summed E-state index contributed by atoms with van der Waals surface area (Å²) in [5, 5.41) is 6.66. The Morgan fingerprint density at radius 2 is 2.57 bits per heavy atom. The lowest BCUT2D eigenvalue weighted by molar-refractivity contribution is -0.124. The van der Waals surface area contributed by atoms with E-state index in [9.17, 15) is 4.79 Å². The fourth-order valence-electron chi connectivity index (χ4n) is 0.983. The van der Waals surface area contributed by atoms with E-state index in [-0.39, 0.29) is 11.9 Å². The van der Waals surface area contributed by atoms with Crippen molar-refractivity contribution in [1.82, 2.24) is 20.1 Å². The van der Waals surface area contributed by atoms with Crippen LogP contribution in [0.25, 0.3) is 0 Å². The third-order valence-electron chi connectivity index (χ3n) is 1.86. The zero-order valence-corrected chi connectivity index (χ0v) is 8.18. The van der Waals surface area contributed by atoms with Crippen molar-refractivity contribution in [3.8, 4) is 0 Å². The van der Waals surface area contributed by atoms with Crippen LogP contribution in [-0.2, 0) is 4.79 Å². The monoisotopic (exact) mass is 194 g/mol. The molecular weight excluding hydrogens is 180 g/mol. The van der Waals surface area contributed by atoms with Crippen LogP contribution in [0.1, 0.15) is 19.4 Å². The van der Waals surface area contributed by atoms with Crippen LogP contribution in [0.5, 0.6) is 0 Å². The topological polar surface area (TPSA) is 59.8 Å². The molecule has 0 aliphatic rings. The molecule has 5 heteroatoms. The molecule has 1 atom stereocenters. The van der Waals surface area contributed by atoms with Gasteiger partial charge in [-0.2, -0.15) is 5.10 Å². The van der Waals surface area contributed by atoms with Crippen molar-refractivity contribution in [3.05, 3.63) is 25.3 Å². The molecule has 0 saturated heterocycles. The summed E-state index contributed by atoms with van der Waals surface area (Å²) in [6.45, 7) is 5.96. The molecule has 1 rings (SSSR count). The molecule has 0 aromatic carbocycles. The van der Waals surface area contributed by atoms with Gasteiger partial charge < -0.3 is 5.32 Å². The number of rotatable bonds is 5. The molecule has 1 aromatic rings. The maximum absolute atomic E-state index is 11.5. The number of carbonyl (C=O) groups is 1. The first-order chi connectivity index (χ1) is 6.75. The summed E-state index contributed by atoms with van der Waals surface area (Å²) in [5.41, 5.74) is 0. The van der Waals surface area contributed by atoms with Gasteiger partial charge in [-0.25, -0.2) is 9.67 Å². The van der Waals surface area contributed by atoms with E-state index < -0.39 is 0 Å². The first kappa shape index (κ1) is 10.4. The van der Waals surface area contributed by atoms with E-state index >= 15 is 0 Å². The van der Waals surface area contributed by atoms with Gasteiger partial charge in [-0.1, -0.05) is 6.08 Å². The average molecular weight is 194 g/mol. The maximum atomic E-state index is 11.5. The molecule has 1 N–H and O–H groups in total. The van der Waals surface area contributed by atoms with Crippen molar-refractivity contribution in [1.29, 1.82) is 0 Å². The minimum Gasteiger partial charge on any atom is -0.354 e. The second-order valence-corrected chi connectivity index (χ2v) is 2.92. The van der Waals surface area contributed by atoms with Gasteiger partial charge in [0.1, 0.15) is 18.7 Å². The van der Waals surface area contributed by atoms with Crippen molar-refractivity contribution in [2.75, 3.05) is 6.54 Å². The molecule has 0 spiro atoms. The number of nitrogens with one attached hydrogen (secondary N) is 1. The first-order valence-corrected chi connectivity index (χ1v) is 4.48. The van der Waals surface area contributed by atoms with Gasteiger partial charge in [0, 0.05) is 6.54 Å². The van der Waals surface area contributed by atoms with E-state index in [1.165, 1.54) is 17.3 Å². The molecule has 5 nitrogen and oxygen atoms in total. The summed E-state index contributed by atoms with van der Waals surface area (Å²) in [7, 11) is 0. The zero-order valence-electron chi connectivity index (χ0n) is 8.18. The fourth-order valence-corrected chi connectivity index (χ4v) is 0.983. The van der Waals surface area contributed by atoms with Crippen LogP contribution in [0.3, 0.4) is 0 Å². The molecule has 0 saturated carbocycles. The molecule has 0 aliphatic carbocycles. The normalized spacial score (nSPS) is 12.1. The lowest BCUT2D eigenvalue weighted by Gasteiger charge is -2.10. The van der Waals surface area contributed by atoms with E-state index in [2.05, 4.69) is 22.0 Å². The minimum atomic E-state index is -0.317. The number of carbonyl (C=O) groups excluding carboxylic acids is 1. The number of hydrogen-bond donors (Lipinski definition) is 1. The largest absolute Gasteiger partial charge is 0.354 e. The van der Waals surface area contributed by atoms with E-state index in [1.807, 2.05) is 0 Å². The van der Waals surface area contributed by atoms with E-state index in [0.29, 0.717) is 6.54 Å². The molecule has 0 fully saturated rings. The quantitative estimate of drug-likeness (QED) is 0.549. The predicted molar refractivity (Wildman–Crippen MR) is 52.6 cm³/mol. The average Bonchev–Trinajstić information content (AvgIpc) is 2.69. The molecule has 76 valence electrons. The van der Waals surface area contributed by atoms with Crippen molar-refractivity contribution < 1.29 is 4.79 Å². The van der Waals surface area contributed by atoms with Crippen LogP contribution in [0.2, 0.25) is 0 Å². The SMILES string of the molecule is C=CCCNC(=O)C(C)n1cncn1. The summed E-state index contributed by atoms with van der Waals surface area (Å²) in [4.78, 5) is 15.3. The Kier molecular flexibility index (Phi) is 3.84. The fraction of sp³-hybridized carbons (Fsp3) is 0.444. The second-order valence-electron chi connectivity index (χ2n) is 2.92. The minimum absolute atomic E-state index is 0.0580. The van der Waals surface area contributed by atoms with Crippen molar-refractivity contribution in [2.24, 2.45) is 0 Å². The Bertz CT molecular complexity index is 294. The van der Waals surface area contributed by atoms with Crippen molar-refractivity contribution in [3.63, 3.8) is 0 Å². The van der Waals surface area contributed by atoms with Gasteiger partial charge in [0.2, 0.25) is 5.91 Å². The smallest absolute Gasteiger partial charge is 0.244 e. The lowest BCUT2D eigenvalue weighted by Crippen LogP contribution is -2.31. The van der Waals surface area contributed by atoms with E-state index in [4.69, 9.17) is 0 Å². The molecular formula is C9H14N4O. The van der Waals surface area contributed by atoms with Gasteiger partial charge in [0.15, 0.2) is 0 Å². The number of amides is 1. The Morgan fingerprint density at radius 3 is 3.14 bits per heavy atom. The Morgan fingerprint density at radius 1 is 1.79 bits per heavy atom. The molecule has 1 heterocycles. The van der Waals surface area contributed by atoms with Crippen LogP contribution < -0.4 is 5.32 Å². The van der Waals surface area contributed by atoms with Crippen molar-refractivity contribution in [2.45, 2.75) is 19.4 Å². The van der Waals surface area contributed by atoms with E-state index in [1.54, 1.807) is 13.0 Å². The third kappa shape index (κ3) is 2.69. The van der Waals surface area contributed by atoms with Crippen molar-refractivity contribution >= 4 is 5.91 Å².